The Morgan fingerprint density at radius 3 is 2.78 bits per heavy atom. The number of carbonyl (C=O) groups excluding carboxylic acids is 1. The van der Waals surface area contributed by atoms with Crippen LogP contribution in [0.5, 0.6) is 0 Å². The summed E-state index contributed by atoms with van der Waals surface area (Å²) in [7, 11) is 0. The van der Waals surface area contributed by atoms with E-state index in [1.165, 1.54) is 0 Å². The summed E-state index contributed by atoms with van der Waals surface area (Å²) in [5.41, 5.74) is 0.339. The second-order valence-corrected chi connectivity index (χ2v) is 6.97. The van der Waals surface area contributed by atoms with Gasteiger partial charge >= 0.3 is 0 Å². The Bertz CT molecular complexity index is 574. The zero-order chi connectivity index (χ0) is 16.4. The van der Waals surface area contributed by atoms with Gasteiger partial charge in [-0.3, -0.25) is 9.69 Å². The molecular formula is C16H24ClN5O. The van der Waals surface area contributed by atoms with Gasteiger partial charge in [-0.2, -0.15) is 0 Å². The first-order valence-corrected chi connectivity index (χ1v) is 8.70. The largest absolute Gasteiger partial charge is 0.336 e. The van der Waals surface area contributed by atoms with Crippen LogP contribution in [0, 0.1) is 0 Å². The normalized spacial score (nSPS) is 22.8. The molecule has 0 bridgehead atoms. The second kappa shape index (κ2) is 7.11. The zero-order valence-corrected chi connectivity index (χ0v) is 14.5. The lowest BCUT2D eigenvalue weighted by Crippen LogP contribution is -2.49. The second-order valence-electron chi connectivity index (χ2n) is 6.56. The highest BCUT2D eigenvalue weighted by atomic mass is 35.5. The molecule has 1 N–H and O–H groups in total. The molecular weight excluding hydrogens is 314 g/mol. The topological polar surface area (TPSA) is 61.4 Å². The average molecular weight is 338 g/mol. The summed E-state index contributed by atoms with van der Waals surface area (Å²) in [6, 6.07) is 0.450. The van der Waals surface area contributed by atoms with Crippen LogP contribution in [0.2, 0.25) is 5.02 Å². The highest BCUT2D eigenvalue weighted by Crippen LogP contribution is 2.22. The number of nitrogens with one attached hydrogen (secondary N) is 1. The standard InChI is InChI=1S/C16H24ClN5O/c1-11(2)15-19-9-13(17)14(20-15)16(23)22-6-3-12(10-22)21-7-4-18-5-8-21/h9,11-12,18H,3-8,10H2,1-2H3. The number of carbonyl (C=O) groups is 1. The molecule has 0 aromatic carbocycles. The molecule has 2 saturated heterocycles. The number of hydrogen-bond acceptors (Lipinski definition) is 5. The minimum absolute atomic E-state index is 0.0723. The summed E-state index contributed by atoms with van der Waals surface area (Å²) < 4.78 is 0. The average Bonchev–Trinajstić information content (AvgIpc) is 3.05. The van der Waals surface area contributed by atoms with E-state index in [2.05, 4.69) is 20.2 Å². The van der Waals surface area contributed by atoms with Gasteiger partial charge in [0.25, 0.3) is 5.91 Å². The number of halogens is 1. The third kappa shape index (κ3) is 3.65. The van der Waals surface area contributed by atoms with E-state index in [4.69, 9.17) is 11.6 Å². The van der Waals surface area contributed by atoms with E-state index >= 15 is 0 Å². The molecule has 0 aliphatic carbocycles. The number of piperazine rings is 1. The van der Waals surface area contributed by atoms with Crippen LogP contribution < -0.4 is 5.32 Å². The maximum Gasteiger partial charge on any atom is 0.274 e. The predicted octanol–water partition coefficient (Wildman–Crippen LogP) is 1.37. The number of amides is 1. The van der Waals surface area contributed by atoms with Gasteiger partial charge in [-0.05, 0) is 6.42 Å². The van der Waals surface area contributed by atoms with E-state index < -0.39 is 0 Å². The van der Waals surface area contributed by atoms with Crippen LogP contribution >= 0.6 is 11.6 Å². The highest BCUT2D eigenvalue weighted by molar-refractivity contribution is 6.33. The summed E-state index contributed by atoms with van der Waals surface area (Å²) in [6.45, 7) is 9.71. The first-order valence-electron chi connectivity index (χ1n) is 8.32. The molecule has 1 unspecified atom stereocenters. The molecule has 23 heavy (non-hydrogen) atoms. The summed E-state index contributed by atoms with van der Waals surface area (Å²) in [5, 5.41) is 3.70. The van der Waals surface area contributed by atoms with Crippen molar-refractivity contribution in [2.75, 3.05) is 39.3 Å². The van der Waals surface area contributed by atoms with Crippen molar-refractivity contribution >= 4 is 17.5 Å². The monoisotopic (exact) mass is 337 g/mol. The molecule has 1 atom stereocenters. The Kier molecular flexibility index (Phi) is 5.14. The molecule has 2 aliphatic rings. The van der Waals surface area contributed by atoms with E-state index in [9.17, 15) is 4.79 Å². The Balaban J connectivity index is 1.70. The molecule has 6 nitrogen and oxygen atoms in total. The van der Waals surface area contributed by atoms with Crippen LogP contribution in [-0.4, -0.2) is 71.0 Å². The fourth-order valence-electron chi connectivity index (χ4n) is 3.23. The van der Waals surface area contributed by atoms with Crippen LogP contribution in [0.4, 0.5) is 0 Å². The van der Waals surface area contributed by atoms with Crippen LogP contribution in [0.3, 0.4) is 0 Å². The van der Waals surface area contributed by atoms with E-state index in [1.54, 1.807) is 6.20 Å². The van der Waals surface area contributed by atoms with Gasteiger partial charge in [0.05, 0.1) is 11.2 Å². The Morgan fingerprint density at radius 2 is 2.09 bits per heavy atom. The van der Waals surface area contributed by atoms with Crippen molar-refractivity contribution in [3.63, 3.8) is 0 Å². The van der Waals surface area contributed by atoms with Gasteiger partial charge in [0.15, 0.2) is 5.69 Å². The summed E-state index contributed by atoms with van der Waals surface area (Å²) in [5.74, 6) is 0.763. The summed E-state index contributed by atoms with van der Waals surface area (Å²) in [6.07, 6.45) is 2.56. The fraction of sp³-hybridized carbons (Fsp3) is 0.688. The highest BCUT2D eigenvalue weighted by Gasteiger charge is 2.32. The maximum atomic E-state index is 12.8. The molecule has 7 heteroatoms. The third-order valence-corrected chi connectivity index (χ3v) is 4.88. The molecule has 2 fully saturated rings. The fourth-order valence-corrected chi connectivity index (χ4v) is 3.40. The van der Waals surface area contributed by atoms with Crippen molar-refractivity contribution in [1.29, 1.82) is 0 Å². The van der Waals surface area contributed by atoms with Gasteiger partial charge in [-0.25, -0.2) is 9.97 Å². The number of aromatic nitrogens is 2. The van der Waals surface area contributed by atoms with Gasteiger partial charge in [0.2, 0.25) is 0 Å². The smallest absolute Gasteiger partial charge is 0.274 e. The SMILES string of the molecule is CC(C)c1ncc(Cl)c(C(=O)N2CCC(N3CCNCC3)C2)n1. The molecule has 1 aromatic heterocycles. The zero-order valence-electron chi connectivity index (χ0n) is 13.8. The summed E-state index contributed by atoms with van der Waals surface area (Å²) in [4.78, 5) is 25.8. The lowest BCUT2D eigenvalue weighted by atomic mass is 10.2. The Labute approximate surface area is 142 Å². The van der Waals surface area contributed by atoms with Crippen molar-refractivity contribution in [2.24, 2.45) is 0 Å². The lowest BCUT2D eigenvalue weighted by Gasteiger charge is -2.32. The van der Waals surface area contributed by atoms with Gasteiger partial charge in [0, 0.05) is 51.2 Å². The van der Waals surface area contributed by atoms with E-state index in [1.807, 2.05) is 18.7 Å². The number of rotatable bonds is 3. The van der Waals surface area contributed by atoms with Crippen molar-refractivity contribution in [2.45, 2.75) is 32.2 Å². The van der Waals surface area contributed by atoms with E-state index in [0.717, 1.165) is 45.7 Å². The van der Waals surface area contributed by atoms with Crippen molar-refractivity contribution in [1.82, 2.24) is 25.1 Å². The first kappa shape index (κ1) is 16.6. The molecule has 2 aliphatic heterocycles. The van der Waals surface area contributed by atoms with Gasteiger partial charge in [0.1, 0.15) is 5.82 Å². The molecule has 1 aromatic rings. The van der Waals surface area contributed by atoms with Crippen molar-refractivity contribution in [3.8, 4) is 0 Å². The Hall–Kier alpha value is -1.24. The number of nitrogens with zero attached hydrogens (tertiary/aromatic N) is 4. The third-order valence-electron chi connectivity index (χ3n) is 4.60. The van der Waals surface area contributed by atoms with Gasteiger partial charge < -0.3 is 10.2 Å². The molecule has 0 saturated carbocycles. The molecule has 1 amide bonds. The molecule has 3 heterocycles. The van der Waals surface area contributed by atoms with Crippen molar-refractivity contribution in [3.05, 3.63) is 22.7 Å². The van der Waals surface area contributed by atoms with E-state index in [0.29, 0.717) is 22.6 Å². The van der Waals surface area contributed by atoms with Crippen LogP contribution in [0.15, 0.2) is 6.20 Å². The summed E-state index contributed by atoms with van der Waals surface area (Å²) >= 11 is 6.17. The molecule has 0 radical (unpaired) electrons. The number of hydrogen-bond donors (Lipinski definition) is 1. The maximum absolute atomic E-state index is 12.8. The minimum atomic E-state index is -0.0723. The van der Waals surface area contributed by atoms with Gasteiger partial charge in [-0.1, -0.05) is 25.4 Å². The first-order chi connectivity index (χ1) is 11.1. The predicted molar refractivity (Wildman–Crippen MR) is 89.9 cm³/mol. The van der Waals surface area contributed by atoms with Gasteiger partial charge in [-0.15, -0.1) is 0 Å². The number of likely N-dealkylation sites (tertiary alicyclic amines) is 1. The van der Waals surface area contributed by atoms with Crippen molar-refractivity contribution < 1.29 is 4.79 Å². The van der Waals surface area contributed by atoms with Crippen LogP contribution in [-0.2, 0) is 0 Å². The Morgan fingerprint density at radius 1 is 1.35 bits per heavy atom. The lowest BCUT2D eigenvalue weighted by molar-refractivity contribution is 0.0767. The quantitative estimate of drug-likeness (QED) is 0.902. The minimum Gasteiger partial charge on any atom is -0.336 e. The van der Waals surface area contributed by atoms with Crippen LogP contribution in [0.1, 0.15) is 42.5 Å². The van der Waals surface area contributed by atoms with Crippen LogP contribution in [0.25, 0.3) is 0 Å². The van der Waals surface area contributed by atoms with E-state index in [-0.39, 0.29) is 11.8 Å². The molecule has 126 valence electrons. The molecule has 3 rings (SSSR count). The molecule has 0 spiro atoms.